The van der Waals surface area contributed by atoms with E-state index in [0.717, 1.165) is 17.7 Å². The highest BCUT2D eigenvalue weighted by Crippen LogP contribution is 2.28. The molecule has 0 spiro atoms. The zero-order chi connectivity index (χ0) is 18.0. The normalized spacial score (nSPS) is 16.4. The zero-order valence-electron chi connectivity index (χ0n) is 14.2. The molecule has 0 radical (unpaired) electrons. The molecule has 132 valence electrons. The minimum atomic E-state index is -3.53. The molecule has 0 saturated carbocycles. The van der Waals surface area contributed by atoms with E-state index in [0.29, 0.717) is 6.54 Å². The molecule has 2 aromatic carbocycles. The molecule has 0 saturated heterocycles. The van der Waals surface area contributed by atoms with Crippen LogP contribution in [0.3, 0.4) is 0 Å². The van der Waals surface area contributed by atoms with E-state index < -0.39 is 21.0 Å². The predicted octanol–water partition coefficient (Wildman–Crippen LogP) is 2.60. The van der Waals surface area contributed by atoms with Crippen LogP contribution >= 0.6 is 0 Å². The number of benzene rings is 2. The smallest absolute Gasteiger partial charge is 0.252 e. The molecule has 1 N–H and O–H groups in total. The number of fused-ring (bicyclic) bond motifs is 1. The second-order valence-electron chi connectivity index (χ2n) is 6.35. The van der Waals surface area contributed by atoms with Crippen LogP contribution in [0.25, 0.3) is 0 Å². The number of rotatable bonds is 5. The lowest BCUT2D eigenvalue weighted by Gasteiger charge is -2.15. The molecule has 3 rings (SSSR count). The van der Waals surface area contributed by atoms with Crippen molar-refractivity contribution < 1.29 is 17.9 Å². The van der Waals surface area contributed by atoms with E-state index in [4.69, 9.17) is 4.74 Å². The fraction of sp³-hybridized carbons (Fsp3) is 0.316. The largest absolute Gasteiger partial charge is 0.488 e. The molecule has 1 aliphatic heterocycles. The maximum absolute atomic E-state index is 12.5. The average Bonchev–Trinajstić information content (AvgIpc) is 3.02. The van der Waals surface area contributed by atoms with Gasteiger partial charge in [0.05, 0.1) is 22.3 Å². The number of hydrogen-bond acceptors (Lipinski definition) is 4. The summed E-state index contributed by atoms with van der Waals surface area (Å²) < 4.78 is 30.7. The molecule has 0 unspecified atom stereocenters. The summed E-state index contributed by atoms with van der Waals surface area (Å²) in [6, 6.07) is 14.1. The molecule has 0 fully saturated rings. The molecule has 5 nitrogen and oxygen atoms in total. The van der Waals surface area contributed by atoms with Gasteiger partial charge in [0.2, 0.25) is 0 Å². The minimum Gasteiger partial charge on any atom is -0.488 e. The van der Waals surface area contributed by atoms with E-state index in [1.165, 1.54) is 12.1 Å². The van der Waals surface area contributed by atoms with Crippen LogP contribution in [0.1, 0.15) is 29.8 Å². The predicted molar refractivity (Wildman–Crippen MR) is 95.7 cm³/mol. The lowest BCUT2D eigenvalue weighted by Crippen LogP contribution is -2.35. The number of hydrogen-bond donors (Lipinski definition) is 1. The Morgan fingerprint density at radius 1 is 1.16 bits per heavy atom. The number of nitrogens with one attached hydrogen (secondary N) is 1. The second-order valence-corrected chi connectivity index (χ2v) is 8.82. The Kier molecular flexibility index (Phi) is 4.81. The minimum absolute atomic E-state index is 0.0677. The Hall–Kier alpha value is -2.34. The first-order valence-corrected chi connectivity index (χ1v) is 9.80. The van der Waals surface area contributed by atoms with Gasteiger partial charge in [0, 0.05) is 6.42 Å². The van der Waals surface area contributed by atoms with Crippen LogP contribution in [0, 0.1) is 0 Å². The van der Waals surface area contributed by atoms with Crippen molar-refractivity contribution in [3.63, 3.8) is 0 Å². The van der Waals surface area contributed by atoms with Gasteiger partial charge in [-0.2, -0.15) is 0 Å². The van der Waals surface area contributed by atoms with Gasteiger partial charge >= 0.3 is 0 Å². The van der Waals surface area contributed by atoms with E-state index in [1.807, 2.05) is 24.3 Å². The molecule has 1 aliphatic rings. The monoisotopic (exact) mass is 359 g/mol. The first-order chi connectivity index (χ1) is 11.9. The number of sulfone groups is 1. The highest BCUT2D eigenvalue weighted by Gasteiger charge is 2.27. The summed E-state index contributed by atoms with van der Waals surface area (Å²) in [6.07, 6.45) is 0.581. The van der Waals surface area contributed by atoms with Crippen molar-refractivity contribution in [1.82, 2.24) is 5.32 Å². The van der Waals surface area contributed by atoms with Gasteiger partial charge in [0.1, 0.15) is 11.9 Å². The summed E-state index contributed by atoms with van der Waals surface area (Å²) in [5.74, 6) is 0.434. The van der Waals surface area contributed by atoms with Crippen LogP contribution in [0.15, 0.2) is 53.4 Å². The first-order valence-electron chi connectivity index (χ1n) is 8.25. The van der Waals surface area contributed by atoms with E-state index in [1.54, 1.807) is 26.0 Å². The molecule has 25 heavy (non-hydrogen) atoms. The van der Waals surface area contributed by atoms with E-state index in [2.05, 4.69) is 5.32 Å². The van der Waals surface area contributed by atoms with Crippen molar-refractivity contribution in [2.45, 2.75) is 36.5 Å². The van der Waals surface area contributed by atoms with Gasteiger partial charge in [0.15, 0.2) is 9.84 Å². The summed E-state index contributed by atoms with van der Waals surface area (Å²) in [6.45, 7) is 3.53. The molecule has 0 aromatic heterocycles. The molecular formula is C19H21NO4S. The number of ether oxygens (including phenoxy) is 1. The highest BCUT2D eigenvalue weighted by molar-refractivity contribution is 7.92. The molecule has 0 aliphatic carbocycles. The van der Waals surface area contributed by atoms with E-state index in [-0.39, 0.29) is 16.6 Å². The Morgan fingerprint density at radius 3 is 2.56 bits per heavy atom. The lowest BCUT2D eigenvalue weighted by atomic mass is 10.1. The Bertz CT molecular complexity index is 865. The molecule has 2 aromatic rings. The summed E-state index contributed by atoms with van der Waals surface area (Å²) >= 11 is 0. The summed E-state index contributed by atoms with van der Waals surface area (Å²) in [5.41, 5.74) is 1.29. The number of amides is 1. The SMILES string of the molecule is CC(C)S(=O)(=O)c1ccccc1C(=O)NC[C@@H]1Cc2ccccc2O1. The summed E-state index contributed by atoms with van der Waals surface area (Å²) in [7, 11) is -3.53. The van der Waals surface area contributed by atoms with Crippen molar-refractivity contribution in [2.75, 3.05) is 6.54 Å². The molecular weight excluding hydrogens is 338 g/mol. The van der Waals surface area contributed by atoms with Crippen LogP contribution in [0.5, 0.6) is 5.75 Å². The quantitative estimate of drug-likeness (QED) is 0.891. The Morgan fingerprint density at radius 2 is 1.84 bits per heavy atom. The van der Waals surface area contributed by atoms with Gasteiger partial charge in [-0.1, -0.05) is 30.3 Å². The summed E-state index contributed by atoms with van der Waals surface area (Å²) in [4.78, 5) is 12.6. The van der Waals surface area contributed by atoms with E-state index >= 15 is 0 Å². The highest BCUT2D eigenvalue weighted by atomic mass is 32.2. The topological polar surface area (TPSA) is 72.5 Å². The van der Waals surface area contributed by atoms with Gasteiger partial charge in [0.25, 0.3) is 5.91 Å². The number of para-hydroxylation sites is 1. The third-order valence-electron chi connectivity index (χ3n) is 4.26. The third-order valence-corrected chi connectivity index (χ3v) is 6.47. The van der Waals surface area contributed by atoms with Crippen LogP contribution < -0.4 is 10.1 Å². The fourth-order valence-electron chi connectivity index (χ4n) is 2.83. The van der Waals surface area contributed by atoms with Gasteiger partial charge in [-0.05, 0) is 37.6 Å². The molecule has 1 amide bonds. The lowest BCUT2D eigenvalue weighted by molar-refractivity contribution is 0.0930. The zero-order valence-corrected chi connectivity index (χ0v) is 15.0. The van der Waals surface area contributed by atoms with Crippen molar-refractivity contribution >= 4 is 15.7 Å². The Balaban J connectivity index is 1.71. The third kappa shape index (κ3) is 3.54. The maximum atomic E-state index is 12.5. The van der Waals surface area contributed by atoms with Crippen molar-refractivity contribution in [2.24, 2.45) is 0 Å². The Labute approximate surface area is 147 Å². The number of carbonyl (C=O) groups is 1. The second kappa shape index (κ2) is 6.88. The van der Waals surface area contributed by atoms with Crippen LogP contribution in [0.4, 0.5) is 0 Å². The standard InChI is InChI=1S/C19H21NO4S/c1-13(2)25(22,23)18-10-6-4-8-16(18)19(21)20-12-15-11-14-7-3-5-9-17(14)24-15/h3-10,13,15H,11-12H2,1-2H3,(H,20,21)/t15-/m0/s1. The number of carbonyl (C=O) groups excluding carboxylic acids is 1. The molecule has 6 heteroatoms. The first kappa shape index (κ1) is 17.5. The van der Waals surface area contributed by atoms with Crippen molar-refractivity contribution in [3.8, 4) is 5.75 Å². The van der Waals surface area contributed by atoms with Gasteiger partial charge in [-0.3, -0.25) is 4.79 Å². The fourth-order valence-corrected chi connectivity index (χ4v) is 4.07. The van der Waals surface area contributed by atoms with Gasteiger partial charge in [-0.15, -0.1) is 0 Å². The van der Waals surface area contributed by atoms with Gasteiger partial charge in [-0.25, -0.2) is 8.42 Å². The van der Waals surface area contributed by atoms with Crippen molar-refractivity contribution in [3.05, 3.63) is 59.7 Å². The van der Waals surface area contributed by atoms with Gasteiger partial charge < -0.3 is 10.1 Å². The molecule has 1 heterocycles. The van der Waals surface area contributed by atoms with Crippen LogP contribution in [0.2, 0.25) is 0 Å². The average molecular weight is 359 g/mol. The molecule has 0 bridgehead atoms. The molecule has 1 atom stereocenters. The van der Waals surface area contributed by atoms with E-state index in [9.17, 15) is 13.2 Å². The summed E-state index contributed by atoms with van der Waals surface area (Å²) in [5, 5.41) is 2.21. The van der Waals surface area contributed by atoms with Crippen LogP contribution in [-0.2, 0) is 16.3 Å². The maximum Gasteiger partial charge on any atom is 0.252 e. The van der Waals surface area contributed by atoms with Crippen molar-refractivity contribution in [1.29, 1.82) is 0 Å². The van der Waals surface area contributed by atoms with Crippen LogP contribution in [-0.4, -0.2) is 32.2 Å².